The van der Waals surface area contributed by atoms with Crippen LogP contribution in [0.4, 0.5) is 17.1 Å². The van der Waals surface area contributed by atoms with E-state index in [1.807, 2.05) is 0 Å². The molecule has 0 radical (unpaired) electrons. The average Bonchev–Trinajstić information content (AvgIpc) is 4.09. The first-order valence-corrected chi connectivity index (χ1v) is 26.1. The Morgan fingerprint density at radius 3 is 1.52 bits per heavy atom. The molecule has 14 aromatic rings. The van der Waals surface area contributed by atoms with Crippen molar-refractivity contribution in [1.82, 2.24) is 4.57 Å². The lowest BCUT2D eigenvalue weighted by atomic mass is 9.70. The Kier molecular flexibility index (Phi) is 8.99. The third-order valence-electron chi connectivity index (χ3n) is 16.6. The molecule has 0 saturated carbocycles. The lowest BCUT2D eigenvalue weighted by molar-refractivity contribution is 0.794. The predicted molar refractivity (Wildman–Crippen MR) is 315 cm³/mol. The topological polar surface area (TPSA) is 8.17 Å². The number of nitrogens with zero attached hydrogens (tertiary/aromatic N) is 2. The molecule has 13 aromatic carbocycles. The van der Waals surface area contributed by atoms with E-state index in [4.69, 9.17) is 0 Å². The van der Waals surface area contributed by atoms with Gasteiger partial charge in [0.15, 0.2) is 0 Å². The SMILES string of the molecule is c1ccc(-c2ccc3c(c2)C2(c4ccccc4-3)c3ccccc3-c3ccc(N(c4ccc(-c5ccc6c7ccc8ccccc8c7n(-c7ccccc7)c6c5)cc4)c4ccc5c(ccc6ccccc65)c4)cc32)cc1. The number of aromatic nitrogens is 1. The van der Waals surface area contributed by atoms with Crippen LogP contribution in [-0.4, -0.2) is 4.57 Å². The van der Waals surface area contributed by atoms with Gasteiger partial charge in [0.2, 0.25) is 0 Å². The van der Waals surface area contributed by atoms with Crippen LogP contribution >= 0.6 is 0 Å². The smallest absolute Gasteiger partial charge is 0.0726 e. The second-order valence-corrected chi connectivity index (χ2v) is 20.4. The minimum absolute atomic E-state index is 0.524. The minimum Gasteiger partial charge on any atom is -0.310 e. The Morgan fingerprint density at radius 1 is 0.267 bits per heavy atom. The zero-order chi connectivity index (χ0) is 49.2. The number of hydrogen-bond acceptors (Lipinski definition) is 1. The number of anilines is 3. The summed E-state index contributed by atoms with van der Waals surface area (Å²) >= 11 is 0. The van der Waals surface area contributed by atoms with Crippen molar-refractivity contribution in [3.8, 4) is 50.2 Å². The maximum Gasteiger partial charge on any atom is 0.0726 e. The van der Waals surface area contributed by atoms with E-state index in [-0.39, 0.29) is 0 Å². The first-order chi connectivity index (χ1) is 37.2. The molecule has 1 heterocycles. The highest BCUT2D eigenvalue weighted by Crippen LogP contribution is 2.64. The van der Waals surface area contributed by atoms with E-state index >= 15 is 0 Å². The van der Waals surface area contributed by atoms with Crippen molar-refractivity contribution in [2.45, 2.75) is 5.41 Å². The first-order valence-electron chi connectivity index (χ1n) is 26.1. The van der Waals surface area contributed by atoms with Crippen LogP contribution in [0.25, 0.3) is 104 Å². The van der Waals surface area contributed by atoms with Gasteiger partial charge >= 0.3 is 0 Å². The molecule has 0 saturated heterocycles. The van der Waals surface area contributed by atoms with Gasteiger partial charge in [-0.2, -0.15) is 0 Å². The van der Waals surface area contributed by atoms with Crippen molar-refractivity contribution in [3.05, 3.63) is 301 Å². The molecule has 2 aliphatic rings. The summed E-state index contributed by atoms with van der Waals surface area (Å²) in [4.78, 5) is 2.47. The number of benzene rings is 13. The molecule has 0 fully saturated rings. The van der Waals surface area contributed by atoms with Crippen LogP contribution < -0.4 is 4.90 Å². The maximum absolute atomic E-state index is 2.51. The van der Waals surface area contributed by atoms with Gasteiger partial charge in [-0.3, -0.25) is 0 Å². The molecular weight excluding hydrogens is 905 g/mol. The average molecular weight is 951 g/mol. The molecule has 0 aliphatic heterocycles. The monoisotopic (exact) mass is 950 g/mol. The van der Waals surface area contributed by atoms with Crippen LogP contribution in [-0.2, 0) is 5.41 Å². The van der Waals surface area contributed by atoms with E-state index < -0.39 is 5.41 Å². The molecule has 1 unspecified atom stereocenters. The zero-order valence-corrected chi connectivity index (χ0v) is 41.0. The number of para-hydroxylation sites is 1. The predicted octanol–water partition coefficient (Wildman–Crippen LogP) is 19.4. The summed E-state index contributed by atoms with van der Waals surface area (Å²) < 4.78 is 2.46. The molecule has 2 aliphatic carbocycles. The molecule has 0 amide bonds. The Hall–Kier alpha value is -9.76. The van der Waals surface area contributed by atoms with Gasteiger partial charge in [-0.15, -0.1) is 0 Å². The second-order valence-electron chi connectivity index (χ2n) is 20.4. The third-order valence-corrected chi connectivity index (χ3v) is 16.6. The van der Waals surface area contributed by atoms with Crippen LogP contribution in [0, 0.1) is 0 Å². The van der Waals surface area contributed by atoms with Gasteiger partial charge in [-0.05, 0) is 154 Å². The third kappa shape index (κ3) is 6.08. The molecule has 1 spiro atoms. The molecule has 1 atom stereocenters. The van der Waals surface area contributed by atoms with Crippen LogP contribution in [0.3, 0.4) is 0 Å². The fourth-order valence-electron chi connectivity index (χ4n) is 13.3. The Bertz CT molecular complexity index is 4630. The van der Waals surface area contributed by atoms with Crippen molar-refractivity contribution in [3.63, 3.8) is 0 Å². The molecule has 75 heavy (non-hydrogen) atoms. The van der Waals surface area contributed by atoms with E-state index in [0.717, 1.165) is 28.3 Å². The minimum atomic E-state index is -0.524. The first kappa shape index (κ1) is 41.8. The van der Waals surface area contributed by atoms with E-state index in [2.05, 4.69) is 289 Å². The second kappa shape index (κ2) is 16.1. The summed E-state index contributed by atoms with van der Waals surface area (Å²) in [6.07, 6.45) is 0. The van der Waals surface area contributed by atoms with Crippen molar-refractivity contribution >= 4 is 71.2 Å². The highest BCUT2D eigenvalue weighted by atomic mass is 15.1. The molecule has 1 aromatic heterocycles. The molecular formula is C73H46N2. The van der Waals surface area contributed by atoms with Gasteiger partial charge in [0.05, 0.1) is 16.4 Å². The Balaban J connectivity index is 0.892. The van der Waals surface area contributed by atoms with Crippen molar-refractivity contribution in [2.75, 3.05) is 4.90 Å². The summed E-state index contributed by atoms with van der Waals surface area (Å²) in [7, 11) is 0. The lowest BCUT2D eigenvalue weighted by Gasteiger charge is -2.32. The summed E-state index contributed by atoms with van der Waals surface area (Å²) in [6, 6.07) is 104. The van der Waals surface area contributed by atoms with E-state index in [1.54, 1.807) is 0 Å². The summed E-state index contributed by atoms with van der Waals surface area (Å²) in [5.74, 6) is 0. The summed E-state index contributed by atoms with van der Waals surface area (Å²) in [5, 5.41) is 9.96. The fraction of sp³-hybridized carbons (Fsp3) is 0.0137. The van der Waals surface area contributed by atoms with Gasteiger partial charge in [0, 0.05) is 38.9 Å². The molecule has 2 nitrogen and oxygen atoms in total. The maximum atomic E-state index is 2.51. The zero-order valence-electron chi connectivity index (χ0n) is 41.0. The van der Waals surface area contributed by atoms with Crippen LogP contribution in [0.2, 0.25) is 0 Å². The largest absolute Gasteiger partial charge is 0.310 e. The highest BCUT2D eigenvalue weighted by Gasteiger charge is 2.52. The fourth-order valence-corrected chi connectivity index (χ4v) is 13.3. The van der Waals surface area contributed by atoms with E-state index in [9.17, 15) is 0 Å². The Labute approximate surface area is 435 Å². The lowest BCUT2D eigenvalue weighted by Crippen LogP contribution is -2.26. The molecule has 348 valence electrons. The molecule has 16 rings (SSSR count). The Morgan fingerprint density at radius 2 is 0.747 bits per heavy atom. The van der Waals surface area contributed by atoms with Gasteiger partial charge in [0.1, 0.15) is 0 Å². The van der Waals surface area contributed by atoms with Crippen LogP contribution in [0.15, 0.2) is 279 Å². The van der Waals surface area contributed by atoms with Crippen molar-refractivity contribution in [2.24, 2.45) is 0 Å². The summed E-state index contributed by atoms with van der Waals surface area (Å²) in [5.41, 5.74) is 21.6. The van der Waals surface area contributed by atoms with Gasteiger partial charge in [-0.1, -0.05) is 218 Å². The number of rotatable bonds is 6. The molecule has 0 bridgehead atoms. The number of fused-ring (bicyclic) bond motifs is 18. The van der Waals surface area contributed by atoms with Crippen LogP contribution in [0.1, 0.15) is 22.3 Å². The highest BCUT2D eigenvalue weighted by molar-refractivity contribution is 6.19. The van der Waals surface area contributed by atoms with E-state index in [1.165, 1.54) is 115 Å². The van der Waals surface area contributed by atoms with Gasteiger partial charge in [-0.25, -0.2) is 0 Å². The number of hydrogen-bond donors (Lipinski definition) is 0. The van der Waals surface area contributed by atoms with Gasteiger partial charge in [0.25, 0.3) is 0 Å². The quantitative estimate of drug-likeness (QED) is 0.151. The normalized spacial score (nSPS) is 14.2. The summed E-state index contributed by atoms with van der Waals surface area (Å²) in [6.45, 7) is 0. The van der Waals surface area contributed by atoms with Gasteiger partial charge < -0.3 is 9.47 Å². The van der Waals surface area contributed by atoms with Crippen molar-refractivity contribution < 1.29 is 0 Å². The van der Waals surface area contributed by atoms with E-state index in [0.29, 0.717) is 0 Å². The van der Waals surface area contributed by atoms with Crippen molar-refractivity contribution in [1.29, 1.82) is 0 Å². The molecule has 0 N–H and O–H groups in total. The standard InChI is InChI=1S/C73H46N2/c1-3-15-47(16-4-1)51-32-38-63-61-23-11-13-25-67(61)73(69(63)44-51)68-26-14-12-24-62(68)64-42-37-57(46-70(64)73)74(56-36-41-59-53(43-56)28-27-49-17-7-9-21-58(49)59)55-34-29-48(30-35-55)52-33-39-65-66-40-31-50-18-8-10-22-60(50)72(66)75(71(65)45-52)54-19-5-2-6-20-54/h1-46H. The van der Waals surface area contributed by atoms with Crippen LogP contribution in [0.5, 0.6) is 0 Å². The molecule has 2 heteroatoms.